The van der Waals surface area contributed by atoms with Crippen molar-refractivity contribution in [3.8, 4) is 0 Å². The number of rotatable bonds is 20. The summed E-state index contributed by atoms with van der Waals surface area (Å²) in [6.45, 7) is 4.32. The van der Waals surface area contributed by atoms with Crippen LogP contribution in [0.3, 0.4) is 0 Å². The third-order valence-electron chi connectivity index (χ3n) is 5.49. The van der Waals surface area contributed by atoms with Crippen LogP contribution in [0.1, 0.15) is 129 Å². The van der Waals surface area contributed by atoms with Crippen molar-refractivity contribution in [2.24, 2.45) is 0 Å². The molecule has 2 atom stereocenters. The van der Waals surface area contributed by atoms with Gasteiger partial charge in [0.1, 0.15) is 0 Å². The van der Waals surface area contributed by atoms with Gasteiger partial charge in [-0.05, 0) is 32.1 Å². The molecule has 0 bridgehead atoms. The molecule has 6 heteroatoms. The fourth-order valence-electron chi connectivity index (χ4n) is 3.63. The normalized spacial score (nSPS) is 13.9. The maximum absolute atomic E-state index is 11.5. The van der Waals surface area contributed by atoms with Gasteiger partial charge in [-0.2, -0.15) is 0 Å². The third kappa shape index (κ3) is 20.8. The van der Waals surface area contributed by atoms with Crippen LogP contribution >= 0.6 is 0 Å². The Balaban J connectivity index is 0. The van der Waals surface area contributed by atoms with Gasteiger partial charge in [-0.15, -0.1) is 0 Å². The van der Waals surface area contributed by atoms with Crippen LogP contribution in [0.25, 0.3) is 0 Å². The van der Waals surface area contributed by atoms with Crippen molar-refractivity contribution in [2.75, 3.05) is 0 Å². The maximum Gasteiger partial charge on any atom is 1.00 e. The summed E-state index contributed by atoms with van der Waals surface area (Å²) < 4.78 is 34.4. The van der Waals surface area contributed by atoms with Crippen LogP contribution in [-0.4, -0.2) is 29.4 Å². The van der Waals surface area contributed by atoms with Crippen LogP contribution in [0.2, 0.25) is 0 Å². The molecule has 0 heterocycles. The van der Waals surface area contributed by atoms with Gasteiger partial charge in [0.25, 0.3) is 0 Å². The first-order valence-corrected chi connectivity index (χ1v) is 13.0. The zero-order chi connectivity index (χ0) is 20.4. The van der Waals surface area contributed by atoms with Gasteiger partial charge in [0.05, 0.1) is 16.2 Å². The molecule has 0 radical (unpaired) electrons. The van der Waals surface area contributed by atoms with Gasteiger partial charge in [0.15, 0.2) is 0 Å². The molecule has 0 saturated carbocycles. The smallest absolute Gasteiger partial charge is 0.748 e. The maximum atomic E-state index is 11.5. The monoisotopic (exact) mass is 444 g/mol. The fourth-order valence-corrected chi connectivity index (χ4v) is 4.55. The summed E-state index contributed by atoms with van der Waals surface area (Å²) in [6.07, 6.45) is 18.0. The molecule has 0 aromatic rings. The standard InChI is InChI=1S/C22H46O4S.K/c1-3-5-7-8-9-10-11-12-13-14-15-19-22(27(24,25)26)20-16-18-21(23)17-6-4-2;/h21-23H,3-20H2,1-2H3,(H,24,25,26);/q;+1/p-1. The van der Waals surface area contributed by atoms with E-state index in [2.05, 4.69) is 13.8 Å². The van der Waals surface area contributed by atoms with Crippen molar-refractivity contribution in [2.45, 2.75) is 141 Å². The largest absolute Gasteiger partial charge is 1.00 e. The van der Waals surface area contributed by atoms with Gasteiger partial charge in [0.2, 0.25) is 0 Å². The minimum atomic E-state index is -4.22. The Morgan fingerprint density at radius 1 is 0.643 bits per heavy atom. The van der Waals surface area contributed by atoms with Gasteiger partial charge in [-0.1, -0.05) is 97.3 Å². The first kappa shape index (κ1) is 31.7. The molecule has 0 rings (SSSR count). The minimum absolute atomic E-state index is 0. The molecule has 0 aromatic carbocycles. The van der Waals surface area contributed by atoms with Crippen LogP contribution in [-0.2, 0) is 10.1 Å². The Morgan fingerprint density at radius 3 is 1.50 bits per heavy atom. The van der Waals surface area contributed by atoms with E-state index in [0.717, 1.165) is 38.5 Å². The van der Waals surface area contributed by atoms with Gasteiger partial charge in [-0.3, -0.25) is 0 Å². The van der Waals surface area contributed by atoms with E-state index in [4.69, 9.17) is 0 Å². The SMILES string of the molecule is CCCCCCCCCCCCCC(CCCC(O)CCCC)S(=O)(=O)[O-].[K+]. The van der Waals surface area contributed by atoms with Crippen LogP contribution in [0.4, 0.5) is 0 Å². The van der Waals surface area contributed by atoms with Gasteiger partial charge >= 0.3 is 51.4 Å². The second kappa shape index (κ2) is 21.7. The molecule has 28 heavy (non-hydrogen) atoms. The summed E-state index contributed by atoms with van der Waals surface area (Å²) in [7, 11) is -4.22. The molecule has 0 fully saturated rings. The van der Waals surface area contributed by atoms with E-state index in [9.17, 15) is 18.1 Å². The van der Waals surface area contributed by atoms with E-state index in [0.29, 0.717) is 25.7 Å². The van der Waals surface area contributed by atoms with Crippen molar-refractivity contribution in [1.29, 1.82) is 0 Å². The first-order chi connectivity index (χ1) is 12.9. The second-order valence-electron chi connectivity index (χ2n) is 8.17. The number of aliphatic hydroxyl groups is 1. The molecular formula is C22H45KO4S. The molecule has 0 aliphatic carbocycles. The van der Waals surface area contributed by atoms with E-state index < -0.39 is 15.4 Å². The van der Waals surface area contributed by atoms with Crippen LogP contribution in [0, 0.1) is 0 Å². The Hall–Kier alpha value is 1.51. The molecule has 0 amide bonds. The Bertz CT molecular complexity index is 415. The summed E-state index contributed by atoms with van der Waals surface area (Å²) in [6, 6.07) is 0. The number of hydrogen-bond acceptors (Lipinski definition) is 4. The third-order valence-corrected chi connectivity index (χ3v) is 6.78. The Kier molecular flexibility index (Phi) is 24.6. The van der Waals surface area contributed by atoms with Crippen molar-refractivity contribution < 1.29 is 69.5 Å². The zero-order valence-corrected chi connectivity index (χ0v) is 22.9. The molecule has 0 aliphatic rings. The van der Waals surface area contributed by atoms with Crippen LogP contribution in [0.15, 0.2) is 0 Å². The predicted octanol–water partition coefficient (Wildman–Crippen LogP) is 3.33. The number of unbranched alkanes of at least 4 members (excludes halogenated alkanes) is 11. The molecule has 1 N–H and O–H groups in total. The molecule has 0 aliphatic heterocycles. The molecule has 0 aromatic heterocycles. The summed E-state index contributed by atoms with van der Waals surface area (Å²) in [5.74, 6) is 0. The summed E-state index contributed by atoms with van der Waals surface area (Å²) in [4.78, 5) is 0. The van der Waals surface area contributed by atoms with Crippen molar-refractivity contribution in [3.63, 3.8) is 0 Å². The van der Waals surface area contributed by atoms with Crippen molar-refractivity contribution >= 4 is 10.1 Å². The van der Waals surface area contributed by atoms with Crippen LogP contribution in [0.5, 0.6) is 0 Å². The van der Waals surface area contributed by atoms with E-state index >= 15 is 0 Å². The van der Waals surface area contributed by atoms with Gasteiger partial charge in [0, 0.05) is 5.25 Å². The summed E-state index contributed by atoms with van der Waals surface area (Å²) in [5.41, 5.74) is 0. The molecule has 0 spiro atoms. The summed E-state index contributed by atoms with van der Waals surface area (Å²) >= 11 is 0. The number of hydrogen-bond donors (Lipinski definition) is 1. The molecule has 4 nitrogen and oxygen atoms in total. The summed E-state index contributed by atoms with van der Waals surface area (Å²) in [5, 5.41) is 9.08. The molecule has 2 unspecified atom stereocenters. The topological polar surface area (TPSA) is 77.4 Å². The quantitative estimate of drug-likeness (QED) is 0.177. The Morgan fingerprint density at radius 2 is 1.04 bits per heavy atom. The molecule has 164 valence electrons. The van der Waals surface area contributed by atoms with E-state index in [1.54, 1.807) is 0 Å². The van der Waals surface area contributed by atoms with Gasteiger partial charge < -0.3 is 9.66 Å². The van der Waals surface area contributed by atoms with E-state index in [1.165, 1.54) is 51.4 Å². The average Bonchev–Trinajstić information content (AvgIpc) is 2.62. The van der Waals surface area contributed by atoms with E-state index in [1.807, 2.05) is 0 Å². The number of aliphatic hydroxyl groups excluding tert-OH is 1. The van der Waals surface area contributed by atoms with Crippen LogP contribution < -0.4 is 51.4 Å². The minimum Gasteiger partial charge on any atom is -0.748 e. The predicted molar refractivity (Wildman–Crippen MR) is 114 cm³/mol. The second-order valence-corrected chi connectivity index (χ2v) is 9.82. The first-order valence-electron chi connectivity index (χ1n) is 11.5. The van der Waals surface area contributed by atoms with Crippen molar-refractivity contribution in [3.05, 3.63) is 0 Å². The molecular weight excluding hydrogens is 399 g/mol. The fraction of sp³-hybridized carbons (Fsp3) is 1.00. The Labute approximate surface area is 218 Å². The zero-order valence-electron chi connectivity index (χ0n) is 19.0. The molecule has 0 saturated heterocycles. The van der Waals surface area contributed by atoms with Gasteiger partial charge in [-0.25, -0.2) is 8.42 Å². The average molecular weight is 445 g/mol. The van der Waals surface area contributed by atoms with E-state index in [-0.39, 0.29) is 57.5 Å². The van der Waals surface area contributed by atoms with Crippen molar-refractivity contribution in [1.82, 2.24) is 0 Å².